The molecule has 61 valence electrons. The van der Waals surface area contributed by atoms with Gasteiger partial charge in [0.2, 0.25) is 0 Å². The van der Waals surface area contributed by atoms with E-state index in [-0.39, 0.29) is 0 Å². The van der Waals surface area contributed by atoms with Crippen molar-refractivity contribution >= 4 is 10.9 Å². The number of fused-ring (bicyclic) bond motifs is 1. The lowest BCUT2D eigenvalue weighted by molar-refractivity contribution is 1.32. The molecule has 1 heterocycles. The number of pyridine rings is 1. The molecule has 1 radical (unpaired) electrons. The van der Waals surface area contributed by atoms with Crippen LogP contribution in [0, 0.1) is 18.3 Å². The van der Waals surface area contributed by atoms with Crippen molar-refractivity contribution in [2.24, 2.45) is 0 Å². The number of benzene rings is 1. The molecule has 1 aromatic heterocycles. The van der Waals surface area contributed by atoms with E-state index < -0.39 is 0 Å². The van der Waals surface area contributed by atoms with Crippen molar-refractivity contribution in [1.29, 1.82) is 5.26 Å². The van der Waals surface area contributed by atoms with Gasteiger partial charge in [-0.2, -0.15) is 5.26 Å². The Hall–Kier alpha value is -1.88. The molecule has 0 aliphatic carbocycles. The van der Waals surface area contributed by atoms with Crippen molar-refractivity contribution in [2.75, 3.05) is 0 Å². The molecule has 0 spiro atoms. The Labute approximate surface area is 76.5 Å². The van der Waals surface area contributed by atoms with Gasteiger partial charge in [-0.1, -0.05) is 18.2 Å². The summed E-state index contributed by atoms with van der Waals surface area (Å²) in [5.41, 5.74) is 2.09. The number of rotatable bonds is 0. The quantitative estimate of drug-likeness (QED) is 0.603. The lowest BCUT2D eigenvalue weighted by Crippen LogP contribution is -1.87. The highest BCUT2D eigenvalue weighted by Crippen LogP contribution is 2.16. The summed E-state index contributed by atoms with van der Waals surface area (Å²) in [5.74, 6) is 0. The average Bonchev–Trinajstić information content (AvgIpc) is 2.16. The van der Waals surface area contributed by atoms with Crippen LogP contribution in [-0.2, 0) is 0 Å². The Morgan fingerprint density at radius 3 is 2.85 bits per heavy atom. The molecular formula is C11H7N2. The van der Waals surface area contributed by atoms with E-state index in [1.807, 2.05) is 24.3 Å². The minimum atomic E-state index is 0.634. The molecule has 2 aromatic rings. The van der Waals surface area contributed by atoms with E-state index in [2.05, 4.69) is 18.0 Å². The monoisotopic (exact) mass is 167 g/mol. The number of hydrogen-bond acceptors (Lipinski definition) is 2. The number of hydrogen-bond donors (Lipinski definition) is 0. The molecule has 2 nitrogen and oxygen atoms in total. The van der Waals surface area contributed by atoms with E-state index in [4.69, 9.17) is 5.26 Å². The van der Waals surface area contributed by atoms with Crippen LogP contribution in [0.4, 0.5) is 0 Å². The smallest absolute Gasteiger partial charge is 0.0999 e. The Kier molecular flexibility index (Phi) is 1.71. The molecule has 0 aliphatic rings. The molecule has 0 fully saturated rings. The van der Waals surface area contributed by atoms with Gasteiger partial charge < -0.3 is 0 Å². The van der Waals surface area contributed by atoms with E-state index in [0.717, 1.165) is 10.9 Å². The van der Waals surface area contributed by atoms with Gasteiger partial charge in [-0.3, -0.25) is 4.98 Å². The van der Waals surface area contributed by atoms with Crippen LogP contribution in [0.3, 0.4) is 0 Å². The fraction of sp³-hybridized carbons (Fsp3) is 0. The van der Waals surface area contributed by atoms with E-state index >= 15 is 0 Å². The first-order valence-corrected chi connectivity index (χ1v) is 3.93. The molecule has 0 aliphatic heterocycles. The first kappa shape index (κ1) is 7.75. The van der Waals surface area contributed by atoms with Crippen LogP contribution in [-0.4, -0.2) is 4.98 Å². The van der Waals surface area contributed by atoms with Crippen LogP contribution in [0.5, 0.6) is 0 Å². The Bertz CT molecular complexity index is 495. The summed E-state index contributed by atoms with van der Waals surface area (Å²) in [5, 5.41) is 9.74. The summed E-state index contributed by atoms with van der Waals surface area (Å²) in [6.07, 6.45) is 0. The third kappa shape index (κ3) is 1.25. The number of nitrogens with zero attached hydrogens (tertiary/aromatic N) is 2. The van der Waals surface area contributed by atoms with Gasteiger partial charge >= 0.3 is 0 Å². The number of nitriles is 1. The summed E-state index contributed by atoms with van der Waals surface area (Å²) < 4.78 is 0. The predicted octanol–water partition coefficient (Wildman–Crippen LogP) is 2.29. The minimum Gasteiger partial charge on any atom is -0.253 e. The zero-order valence-electron chi connectivity index (χ0n) is 6.99. The van der Waals surface area contributed by atoms with Crippen LogP contribution in [0.1, 0.15) is 11.3 Å². The van der Waals surface area contributed by atoms with Gasteiger partial charge in [0.15, 0.2) is 0 Å². The molecule has 2 heteroatoms. The third-order valence-electron chi connectivity index (χ3n) is 1.89. The van der Waals surface area contributed by atoms with E-state index in [9.17, 15) is 0 Å². The van der Waals surface area contributed by atoms with Crippen molar-refractivity contribution < 1.29 is 0 Å². The first-order chi connectivity index (χ1) is 6.31. The molecule has 1 aromatic carbocycles. The van der Waals surface area contributed by atoms with Crippen LogP contribution >= 0.6 is 0 Å². The summed E-state index contributed by atoms with van der Waals surface area (Å²) in [6, 6.07) is 11.4. The van der Waals surface area contributed by atoms with Crippen molar-refractivity contribution in [3.8, 4) is 6.07 Å². The molecule has 0 atom stereocenters. The summed E-state index contributed by atoms with van der Waals surface area (Å²) in [4.78, 5) is 4.22. The third-order valence-corrected chi connectivity index (χ3v) is 1.89. The molecule has 0 bridgehead atoms. The highest BCUT2D eigenvalue weighted by atomic mass is 14.7. The second-order valence-electron chi connectivity index (χ2n) is 2.79. The van der Waals surface area contributed by atoms with Crippen molar-refractivity contribution in [2.45, 2.75) is 0 Å². The van der Waals surface area contributed by atoms with Gasteiger partial charge in [0.05, 0.1) is 17.1 Å². The van der Waals surface area contributed by atoms with Crippen molar-refractivity contribution in [3.63, 3.8) is 0 Å². The Balaban J connectivity index is 2.91. The van der Waals surface area contributed by atoms with E-state index in [1.165, 1.54) is 0 Å². The molecule has 0 unspecified atom stereocenters. The van der Waals surface area contributed by atoms with E-state index in [1.54, 1.807) is 6.07 Å². The zero-order chi connectivity index (χ0) is 9.26. The van der Waals surface area contributed by atoms with Gasteiger partial charge in [-0.05, 0) is 19.1 Å². The minimum absolute atomic E-state index is 0.634. The highest BCUT2D eigenvalue weighted by molar-refractivity contribution is 5.84. The maximum absolute atomic E-state index is 8.85. The van der Waals surface area contributed by atoms with Gasteiger partial charge in [0.1, 0.15) is 0 Å². The van der Waals surface area contributed by atoms with Crippen LogP contribution in [0.25, 0.3) is 10.9 Å². The number of para-hydroxylation sites is 1. The van der Waals surface area contributed by atoms with Crippen LogP contribution < -0.4 is 0 Å². The molecule has 13 heavy (non-hydrogen) atoms. The van der Waals surface area contributed by atoms with Crippen molar-refractivity contribution in [1.82, 2.24) is 4.98 Å². The summed E-state index contributed by atoms with van der Waals surface area (Å²) >= 11 is 0. The van der Waals surface area contributed by atoms with Gasteiger partial charge in [0.25, 0.3) is 0 Å². The fourth-order valence-corrected chi connectivity index (χ4v) is 1.32. The molecule has 0 amide bonds. The molecule has 2 rings (SSSR count). The SMILES string of the molecule is [CH2]c1cc(C#N)c2ccccc2n1. The number of aromatic nitrogens is 1. The largest absolute Gasteiger partial charge is 0.253 e. The Morgan fingerprint density at radius 2 is 2.08 bits per heavy atom. The highest BCUT2D eigenvalue weighted by Gasteiger charge is 2.01. The van der Waals surface area contributed by atoms with Crippen molar-refractivity contribution in [3.05, 3.63) is 48.5 Å². The molecule has 0 saturated carbocycles. The second kappa shape index (κ2) is 2.87. The normalized spacial score (nSPS) is 9.85. The van der Waals surface area contributed by atoms with Gasteiger partial charge in [0, 0.05) is 11.1 Å². The lowest BCUT2D eigenvalue weighted by Gasteiger charge is -1.99. The predicted molar refractivity (Wildman–Crippen MR) is 50.9 cm³/mol. The Morgan fingerprint density at radius 1 is 1.31 bits per heavy atom. The van der Waals surface area contributed by atoms with Gasteiger partial charge in [-0.15, -0.1) is 0 Å². The fourth-order valence-electron chi connectivity index (χ4n) is 1.32. The average molecular weight is 167 g/mol. The zero-order valence-corrected chi connectivity index (χ0v) is 6.99. The molecular weight excluding hydrogens is 160 g/mol. The van der Waals surface area contributed by atoms with Crippen LogP contribution in [0.2, 0.25) is 0 Å². The maximum Gasteiger partial charge on any atom is 0.0999 e. The topological polar surface area (TPSA) is 36.7 Å². The summed E-state index contributed by atoms with van der Waals surface area (Å²) in [6.45, 7) is 3.72. The van der Waals surface area contributed by atoms with Crippen LogP contribution in [0.15, 0.2) is 30.3 Å². The maximum atomic E-state index is 8.85. The lowest BCUT2D eigenvalue weighted by atomic mass is 10.1. The van der Waals surface area contributed by atoms with E-state index in [0.29, 0.717) is 11.3 Å². The second-order valence-corrected chi connectivity index (χ2v) is 2.79. The first-order valence-electron chi connectivity index (χ1n) is 3.93. The van der Waals surface area contributed by atoms with Gasteiger partial charge in [-0.25, -0.2) is 0 Å². The molecule has 0 N–H and O–H groups in total. The summed E-state index contributed by atoms with van der Waals surface area (Å²) in [7, 11) is 0. The molecule has 0 saturated heterocycles. The standard InChI is InChI=1S/C11H7N2/c1-8-6-9(7-12)10-4-2-3-5-11(10)13-8/h2-6H,1H2.